The number of H-pyrrole nitrogens is 1. The Bertz CT molecular complexity index is 325. The van der Waals surface area contributed by atoms with E-state index in [1.807, 2.05) is 4.90 Å². The molecule has 2 N–H and O–H groups in total. The average molecular weight is 208 g/mol. The number of hydrogen-bond acceptors (Lipinski definition) is 3. The summed E-state index contributed by atoms with van der Waals surface area (Å²) in [6.07, 6.45) is 1.60. The van der Waals surface area contributed by atoms with Gasteiger partial charge in [0.25, 0.3) is 5.91 Å². The van der Waals surface area contributed by atoms with Gasteiger partial charge in [-0.15, -0.1) is 0 Å². The van der Waals surface area contributed by atoms with E-state index in [4.69, 9.17) is 0 Å². The van der Waals surface area contributed by atoms with E-state index < -0.39 is 0 Å². The van der Waals surface area contributed by atoms with Crippen molar-refractivity contribution in [3.05, 3.63) is 18.0 Å². The van der Waals surface area contributed by atoms with Crippen LogP contribution in [0.4, 0.5) is 0 Å². The lowest BCUT2D eigenvalue weighted by Crippen LogP contribution is -2.55. The van der Waals surface area contributed by atoms with Crippen LogP contribution in [0.3, 0.4) is 0 Å². The van der Waals surface area contributed by atoms with Gasteiger partial charge < -0.3 is 10.2 Å². The summed E-state index contributed by atoms with van der Waals surface area (Å²) in [4.78, 5) is 13.8. The van der Waals surface area contributed by atoms with E-state index in [1.54, 1.807) is 12.3 Å². The third kappa shape index (κ3) is 2.18. The highest BCUT2D eigenvalue weighted by molar-refractivity contribution is 5.92. The van der Waals surface area contributed by atoms with Crippen LogP contribution < -0.4 is 5.32 Å². The number of hydrogen-bond donors (Lipinski definition) is 2. The van der Waals surface area contributed by atoms with Gasteiger partial charge in [-0.05, 0) is 19.9 Å². The van der Waals surface area contributed by atoms with Crippen molar-refractivity contribution >= 4 is 5.91 Å². The number of rotatable bonds is 1. The van der Waals surface area contributed by atoms with Gasteiger partial charge in [0.05, 0.1) is 0 Å². The summed E-state index contributed by atoms with van der Waals surface area (Å²) in [6, 6.07) is 2.40. The molecule has 1 aliphatic heterocycles. The van der Waals surface area contributed by atoms with Crippen LogP contribution in [-0.4, -0.2) is 46.2 Å². The summed E-state index contributed by atoms with van der Waals surface area (Å²) in [6.45, 7) is 5.68. The van der Waals surface area contributed by atoms with Gasteiger partial charge in [0, 0.05) is 31.4 Å². The molecule has 1 aromatic rings. The second-order valence-electron chi connectivity index (χ2n) is 4.15. The monoisotopic (exact) mass is 208 g/mol. The quantitative estimate of drug-likeness (QED) is 0.694. The van der Waals surface area contributed by atoms with Crippen LogP contribution in [-0.2, 0) is 0 Å². The van der Waals surface area contributed by atoms with E-state index >= 15 is 0 Å². The molecule has 0 radical (unpaired) electrons. The van der Waals surface area contributed by atoms with Crippen molar-refractivity contribution in [3.8, 4) is 0 Å². The number of aromatic nitrogens is 2. The minimum Gasteiger partial charge on any atom is -0.334 e. The normalized spacial score (nSPS) is 26.7. The number of carbonyl (C=O) groups is 1. The minimum atomic E-state index is 0.0349. The second-order valence-corrected chi connectivity index (χ2v) is 4.15. The lowest BCUT2D eigenvalue weighted by molar-refractivity contribution is 0.0668. The third-order valence-electron chi connectivity index (χ3n) is 2.58. The molecule has 0 saturated carbocycles. The van der Waals surface area contributed by atoms with E-state index in [9.17, 15) is 4.79 Å². The number of nitrogens with one attached hydrogen (secondary N) is 2. The maximum absolute atomic E-state index is 12.0. The molecule has 82 valence electrons. The first-order valence-corrected chi connectivity index (χ1v) is 5.21. The molecule has 2 atom stereocenters. The third-order valence-corrected chi connectivity index (χ3v) is 2.58. The zero-order chi connectivity index (χ0) is 10.8. The van der Waals surface area contributed by atoms with Gasteiger partial charge in [-0.2, -0.15) is 5.10 Å². The fourth-order valence-electron chi connectivity index (χ4n) is 2.04. The van der Waals surface area contributed by atoms with Crippen LogP contribution in [0, 0.1) is 0 Å². The molecule has 1 fully saturated rings. The highest BCUT2D eigenvalue weighted by Crippen LogP contribution is 2.08. The fraction of sp³-hybridized carbons (Fsp3) is 0.600. The van der Waals surface area contributed by atoms with Gasteiger partial charge >= 0.3 is 0 Å². The van der Waals surface area contributed by atoms with Gasteiger partial charge in [-0.1, -0.05) is 0 Å². The summed E-state index contributed by atoms with van der Waals surface area (Å²) in [7, 11) is 0. The molecular weight excluding hydrogens is 192 g/mol. The van der Waals surface area contributed by atoms with Crippen molar-refractivity contribution in [2.24, 2.45) is 0 Å². The van der Waals surface area contributed by atoms with Crippen LogP contribution in [0.2, 0.25) is 0 Å². The zero-order valence-corrected chi connectivity index (χ0v) is 9.03. The first kappa shape index (κ1) is 10.2. The molecule has 1 aromatic heterocycles. The maximum atomic E-state index is 12.0. The number of aromatic amines is 1. The van der Waals surface area contributed by atoms with Gasteiger partial charge in [-0.25, -0.2) is 0 Å². The van der Waals surface area contributed by atoms with E-state index in [2.05, 4.69) is 29.4 Å². The van der Waals surface area contributed by atoms with Crippen LogP contribution >= 0.6 is 0 Å². The molecule has 2 heterocycles. The average Bonchev–Trinajstić information content (AvgIpc) is 2.67. The number of amides is 1. The Kier molecular flexibility index (Phi) is 2.73. The molecule has 5 nitrogen and oxygen atoms in total. The number of carbonyl (C=O) groups excluding carboxylic acids is 1. The Morgan fingerprint density at radius 1 is 1.47 bits per heavy atom. The van der Waals surface area contributed by atoms with E-state index in [0.29, 0.717) is 17.8 Å². The van der Waals surface area contributed by atoms with Gasteiger partial charge in [-0.3, -0.25) is 9.89 Å². The molecule has 0 aromatic carbocycles. The van der Waals surface area contributed by atoms with Gasteiger partial charge in [0.2, 0.25) is 0 Å². The van der Waals surface area contributed by atoms with Crippen molar-refractivity contribution in [3.63, 3.8) is 0 Å². The predicted octanol–water partition coefficient (Wildman–Crippen LogP) is 0.232. The van der Waals surface area contributed by atoms with Crippen molar-refractivity contribution in [1.82, 2.24) is 20.4 Å². The zero-order valence-electron chi connectivity index (χ0n) is 9.03. The molecule has 0 spiro atoms. The summed E-state index contributed by atoms with van der Waals surface area (Å²) in [5, 5.41) is 9.88. The molecule has 1 amide bonds. The summed E-state index contributed by atoms with van der Waals surface area (Å²) >= 11 is 0. The molecule has 1 saturated heterocycles. The van der Waals surface area contributed by atoms with E-state index in [-0.39, 0.29) is 5.91 Å². The van der Waals surface area contributed by atoms with Crippen molar-refractivity contribution < 1.29 is 4.79 Å². The standard InChI is InChI=1S/C10H16N4O/c1-7-5-14(6-8(2)12-7)10(15)9-3-4-11-13-9/h3-4,7-8,12H,5-6H2,1-2H3,(H,11,13). The molecule has 1 aliphatic rings. The largest absolute Gasteiger partial charge is 0.334 e. The number of piperazine rings is 1. The van der Waals surface area contributed by atoms with Crippen molar-refractivity contribution in [2.45, 2.75) is 25.9 Å². The Hall–Kier alpha value is -1.36. The highest BCUT2D eigenvalue weighted by atomic mass is 16.2. The topological polar surface area (TPSA) is 61.0 Å². The fourth-order valence-corrected chi connectivity index (χ4v) is 2.04. The second kappa shape index (κ2) is 4.02. The Balaban J connectivity index is 2.07. The Morgan fingerprint density at radius 3 is 2.67 bits per heavy atom. The van der Waals surface area contributed by atoms with Crippen LogP contribution in [0.1, 0.15) is 24.3 Å². The highest BCUT2D eigenvalue weighted by Gasteiger charge is 2.25. The van der Waals surface area contributed by atoms with E-state index in [0.717, 1.165) is 13.1 Å². The molecule has 2 unspecified atom stereocenters. The Morgan fingerprint density at radius 2 is 2.13 bits per heavy atom. The van der Waals surface area contributed by atoms with Crippen LogP contribution in [0.5, 0.6) is 0 Å². The number of nitrogens with zero attached hydrogens (tertiary/aromatic N) is 2. The van der Waals surface area contributed by atoms with E-state index in [1.165, 1.54) is 0 Å². The summed E-state index contributed by atoms with van der Waals surface area (Å²) in [5.74, 6) is 0.0349. The van der Waals surface area contributed by atoms with Crippen LogP contribution in [0.15, 0.2) is 12.3 Å². The molecular formula is C10H16N4O. The van der Waals surface area contributed by atoms with Crippen LogP contribution in [0.25, 0.3) is 0 Å². The lowest BCUT2D eigenvalue weighted by atomic mass is 10.1. The van der Waals surface area contributed by atoms with Crippen molar-refractivity contribution in [2.75, 3.05) is 13.1 Å². The first-order valence-electron chi connectivity index (χ1n) is 5.21. The molecule has 0 bridgehead atoms. The molecule has 15 heavy (non-hydrogen) atoms. The molecule has 0 aliphatic carbocycles. The Labute approximate surface area is 88.8 Å². The smallest absolute Gasteiger partial charge is 0.271 e. The van der Waals surface area contributed by atoms with Gasteiger partial charge in [0.15, 0.2) is 0 Å². The summed E-state index contributed by atoms with van der Waals surface area (Å²) < 4.78 is 0. The molecule has 5 heteroatoms. The first-order chi connectivity index (χ1) is 7.16. The van der Waals surface area contributed by atoms with Gasteiger partial charge in [0.1, 0.15) is 5.69 Å². The summed E-state index contributed by atoms with van der Waals surface area (Å²) in [5.41, 5.74) is 0.566. The SMILES string of the molecule is CC1CN(C(=O)c2ccn[nH]2)CC(C)N1. The predicted molar refractivity (Wildman–Crippen MR) is 56.6 cm³/mol. The molecule has 2 rings (SSSR count). The minimum absolute atomic E-state index is 0.0349. The lowest BCUT2D eigenvalue weighted by Gasteiger charge is -2.35. The maximum Gasteiger partial charge on any atom is 0.271 e. The van der Waals surface area contributed by atoms with Crippen molar-refractivity contribution in [1.29, 1.82) is 0 Å².